The molecule has 0 aromatic carbocycles. The molecule has 1 aliphatic heterocycles. The highest BCUT2D eigenvalue weighted by Gasteiger charge is 2.28. The minimum absolute atomic E-state index is 0.0276. The molecule has 1 unspecified atom stereocenters. The third-order valence-corrected chi connectivity index (χ3v) is 4.40. The van der Waals surface area contributed by atoms with Crippen LogP contribution in [0.3, 0.4) is 0 Å². The second kappa shape index (κ2) is 6.65. The Morgan fingerprint density at radius 1 is 1.35 bits per heavy atom. The Balaban J connectivity index is 1.82. The lowest BCUT2D eigenvalue weighted by atomic mass is 9.98. The molecule has 0 saturated carbocycles. The van der Waals surface area contributed by atoms with Crippen LogP contribution in [-0.2, 0) is 9.59 Å². The average Bonchev–Trinajstić information content (AvgIpc) is 2.98. The van der Waals surface area contributed by atoms with E-state index in [9.17, 15) is 14.4 Å². The van der Waals surface area contributed by atoms with Gasteiger partial charge in [-0.1, -0.05) is 6.07 Å². The number of hydrogen-bond acceptors (Lipinski definition) is 4. The molecule has 0 spiro atoms. The minimum Gasteiger partial charge on any atom is -0.481 e. The Morgan fingerprint density at radius 2 is 2.15 bits per heavy atom. The van der Waals surface area contributed by atoms with Gasteiger partial charge in [-0.3, -0.25) is 14.4 Å². The van der Waals surface area contributed by atoms with E-state index >= 15 is 0 Å². The summed E-state index contributed by atoms with van der Waals surface area (Å²) in [5, 5.41) is 10.8. The summed E-state index contributed by atoms with van der Waals surface area (Å²) in [4.78, 5) is 37.0. The first-order valence-corrected chi connectivity index (χ1v) is 7.53. The van der Waals surface area contributed by atoms with E-state index in [0.717, 1.165) is 0 Å². The number of ketones is 1. The van der Waals surface area contributed by atoms with Gasteiger partial charge in [-0.2, -0.15) is 0 Å². The Morgan fingerprint density at radius 3 is 2.80 bits per heavy atom. The van der Waals surface area contributed by atoms with Gasteiger partial charge >= 0.3 is 5.97 Å². The number of thiophene rings is 1. The molecule has 2 heterocycles. The van der Waals surface area contributed by atoms with Gasteiger partial charge in [0.2, 0.25) is 5.91 Å². The molecule has 1 aromatic rings. The molecule has 0 bridgehead atoms. The van der Waals surface area contributed by atoms with Crippen molar-refractivity contribution in [2.45, 2.75) is 25.7 Å². The standard InChI is InChI=1S/C14H17NO4S/c16-11(12-4-2-8-20-12)5-6-13(17)15-7-1-3-10(9-15)14(18)19/h2,4,8,10H,1,3,5-7,9H2,(H,18,19). The monoisotopic (exact) mass is 295 g/mol. The molecule has 1 fully saturated rings. The molecule has 0 aliphatic carbocycles. The summed E-state index contributed by atoms with van der Waals surface area (Å²) in [5.41, 5.74) is 0. The molecule has 6 heteroatoms. The van der Waals surface area contributed by atoms with Crippen molar-refractivity contribution in [3.05, 3.63) is 22.4 Å². The van der Waals surface area contributed by atoms with Crippen molar-refractivity contribution >= 4 is 29.0 Å². The summed E-state index contributed by atoms with van der Waals surface area (Å²) in [6.07, 6.45) is 1.67. The number of carbonyl (C=O) groups is 3. The van der Waals surface area contributed by atoms with Crippen LogP contribution < -0.4 is 0 Å². The summed E-state index contributed by atoms with van der Waals surface area (Å²) < 4.78 is 0. The van der Waals surface area contributed by atoms with Crippen LogP contribution in [0.25, 0.3) is 0 Å². The lowest BCUT2D eigenvalue weighted by Gasteiger charge is -2.30. The number of Topliss-reactive ketones (excluding diaryl/α,β-unsaturated/α-hetero) is 1. The molecular formula is C14H17NO4S. The van der Waals surface area contributed by atoms with Crippen LogP contribution in [0, 0.1) is 5.92 Å². The summed E-state index contributed by atoms with van der Waals surface area (Å²) >= 11 is 1.37. The van der Waals surface area contributed by atoms with Gasteiger partial charge in [-0.15, -0.1) is 11.3 Å². The van der Waals surface area contributed by atoms with E-state index in [1.165, 1.54) is 11.3 Å². The number of likely N-dealkylation sites (tertiary alicyclic amines) is 1. The van der Waals surface area contributed by atoms with Crippen LogP contribution >= 0.6 is 11.3 Å². The van der Waals surface area contributed by atoms with Gasteiger partial charge in [0, 0.05) is 25.9 Å². The molecule has 5 nitrogen and oxygen atoms in total. The van der Waals surface area contributed by atoms with Crippen molar-refractivity contribution in [3.8, 4) is 0 Å². The number of amides is 1. The second-order valence-electron chi connectivity index (χ2n) is 4.92. The van der Waals surface area contributed by atoms with Crippen LogP contribution in [0.4, 0.5) is 0 Å². The van der Waals surface area contributed by atoms with E-state index in [0.29, 0.717) is 24.3 Å². The average molecular weight is 295 g/mol. The van der Waals surface area contributed by atoms with Crippen LogP contribution in [0.1, 0.15) is 35.4 Å². The molecular weight excluding hydrogens is 278 g/mol. The molecule has 1 aromatic heterocycles. The van der Waals surface area contributed by atoms with E-state index in [4.69, 9.17) is 5.11 Å². The zero-order valence-corrected chi connectivity index (χ0v) is 11.9. The summed E-state index contributed by atoms with van der Waals surface area (Å²) in [7, 11) is 0. The fourth-order valence-corrected chi connectivity index (χ4v) is 3.04. The van der Waals surface area contributed by atoms with Gasteiger partial charge in [-0.25, -0.2) is 0 Å². The van der Waals surface area contributed by atoms with E-state index in [2.05, 4.69) is 0 Å². The van der Waals surface area contributed by atoms with Gasteiger partial charge in [0.15, 0.2) is 5.78 Å². The summed E-state index contributed by atoms with van der Waals surface area (Å²) in [6, 6.07) is 3.56. The molecule has 1 N–H and O–H groups in total. The molecule has 1 aliphatic rings. The topological polar surface area (TPSA) is 74.7 Å². The second-order valence-corrected chi connectivity index (χ2v) is 5.87. The van der Waals surface area contributed by atoms with Gasteiger partial charge in [0.25, 0.3) is 0 Å². The third-order valence-electron chi connectivity index (χ3n) is 3.49. The highest BCUT2D eigenvalue weighted by molar-refractivity contribution is 7.12. The fourth-order valence-electron chi connectivity index (χ4n) is 2.34. The maximum Gasteiger partial charge on any atom is 0.308 e. The van der Waals surface area contributed by atoms with Crippen molar-refractivity contribution < 1.29 is 19.5 Å². The van der Waals surface area contributed by atoms with Gasteiger partial charge in [0.05, 0.1) is 10.8 Å². The zero-order valence-electron chi connectivity index (χ0n) is 11.1. The SMILES string of the molecule is O=C(CCC(=O)N1CCCC(C(=O)O)C1)c1cccs1. The maximum atomic E-state index is 12.0. The Labute approximate surface area is 121 Å². The molecule has 2 rings (SSSR count). The number of carboxylic acid groups (broad SMARTS) is 1. The molecule has 1 amide bonds. The number of carbonyl (C=O) groups excluding carboxylic acids is 2. The maximum absolute atomic E-state index is 12.0. The number of nitrogens with zero attached hydrogens (tertiary/aromatic N) is 1. The molecule has 0 radical (unpaired) electrons. The van der Waals surface area contributed by atoms with Crippen LogP contribution in [0.15, 0.2) is 17.5 Å². The van der Waals surface area contributed by atoms with Gasteiger partial charge in [-0.05, 0) is 24.3 Å². The predicted molar refractivity (Wildman–Crippen MR) is 74.8 cm³/mol. The van der Waals surface area contributed by atoms with Crippen molar-refractivity contribution in [1.82, 2.24) is 4.90 Å². The van der Waals surface area contributed by atoms with Crippen LogP contribution in [0.5, 0.6) is 0 Å². The highest BCUT2D eigenvalue weighted by atomic mass is 32.1. The summed E-state index contributed by atoms with van der Waals surface area (Å²) in [6.45, 7) is 0.858. The summed E-state index contributed by atoms with van der Waals surface area (Å²) in [5.74, 6) is -1.47. The smallest absolute Gasteiger partial charge is 0.308 e. The van der Waals surface area contributed by atoms with E-state index in [-0.39, 0.29) is 31.1 Å². The van der Waals surface area contributed by atoms with E-state index in [1.807, 2.05) is 11.4 Å². The zero-order chi connectivity index (χ0) is 14.5. The quantitative estimate of drug-likeness (QED) is 0.843. The highest BCUT2D eigenvalue weighted by Crippen LogP contribution is 2.18. The number of piperidine rings is 1. The minimum atomic E-state index is -0.850. The fraction of sp³-hybridized carbons (Fsp3) is 0.500. The molecule has 108 valence electrons. The Hall–Kier alpha value is -1.69. The van der Waals surface area contributed by atoms with Crippen molar-refractivity contribution in [2.75, 3.05) is 13.1 Å². The lowest BCUT2D eigenvalue weighted by Crippen LogP contribution is -2.42. The first-order valence-electron chi connectivity index (χ1n) is 6.65. The number of aliphatic carboxylic acids is 1. The normalized spacial score (nSPS) is 18.8. The number of hydrogen-bond donors (Lipinski definition) is 1. The lowest BCUT2D eigenvalue weighted by molar-refractivity contribution is -0.145. The van der Waals surface area contributed by atoms with Crippen molar-refractivity contribution in [1.29, 1.82) is 0 Å². The van der Waals surface area contributed by atoms with Gasteiger partial charge < -0.3 is 10.0 Å². The molecule has 1 saturated heterocycles. The first-order chi connectivity index (χ1) is 9.58. The van der Waals surface area contributed by atoms with Crippen molar-refractivity contribution in [3.63, 3.8) is 0 Å². The Kier molecular flexibility index (Phi) is 4.89. The van der Waals surface area contributed by atoms with Crippen LogP contribution in [-0.4, -0.2) is 40.8 Å². The van der Waals surface area contributed by atoms with E-state index < -0.39 is 11.9 Å². The Bertz CT molecular complexity index is 497. The van der Waals surface area contributed by atoms with Gasteiger partial charge in [0.1, 0.15) is 0 Å². The molecule has 20 heavy (non-hydrogen) atoms. The van der Waals surface area contributed by atoms with Crippen LogP contribution in [0.2, 0.25) is 0 Å². The first kappa shape index (κ1) is 14.7. The predicted octanol–water partition coefficient (Wildman–Crippen LogP) is 2.03. The van der Waals surface area contributed by atoms with E-state index in [1.54, 1.807) is 11.0 Å². The molecule has 1 atom stereocenters. The van der Waals surface area contributed by atoms with Crippen molar-refractivity contribution in [2.24, 2.45) is 5.92 Å². The number of carboxylic acids is 1. The third kappa shape index (κ3) is 3.66. The number of rotatable bonds is 5. The largest absolute Gasteiger partial charge is 0.481 e.